The van der Waals surface area contributed by atoms with E-state index in [1.165, 1.54) is 0 Å². The Morgan fingerprint density at radius 3 is 2.89 bits per heavy atom. The monoisotopic (exact) mass is 368 g/mol. The number of aryl methyl sites for hydroxylation is 2. The summed E-state index contributed by atoms with van der Waals surface area (Å²) in [7, 11) is 3.66. The van der Waals surface area contributed by atoms with Crippen LogP contribution in [-0.2, 0) is 11.3 Å². The highest BCUT2D eigenvalue weighted by Crippen LogP contribution is 2.28. The fourth-order valence-electron chi connectivity index (χ4n) is 3.49. The Morgan fingerprint density at radius 2 is 2.15 bits per heavy atom. The first-order valence-corrected chi connectivity index (χ1v) is 9.13. The zero-order chi connectivity index (χ0) is 19.0. The smallest absolute Gasteiger partial charge is 0.218 e. The Bertz CT molecular complexity index is 964. The number of anilines is 1. The first-order valence-electron chi connectivity index (χ1n) is 9.13. The van der Waals surface area contributed by atoms with Gasteiger partial charge >= 0.3 is 0 Å². The molecule has 0 aliphatic carbocycles. The van der Waals surface area contributed by atoms with Crippen molar-refractivity contribution in [3.05, 3.63) is 40.8 Å². The van der Waals surface area contributed by atoms with E-state index in [0.29, 0.717) is 12.4 Å². The van der Waals surface area contributed by atoms with Gasteiger partial charge in [0.15, 0.2) is 11.5 Å². The standard InChI is InChI=1S/C19H24N6O2/c1-12-10-13(2)20-19(26-4)14(12)11-24(3)17-8-7-16-21-22-18(25(16)23-17)15-6-5-9-27-15/h7-8,10,15H,5-6,9,11H2,1-4H3. The quantitative estimate of drug-likeness (QED) is 0.685. The van der Waals surface area contributed by atoms with Crippen molar-refractivity contribution in [1.29, 1.82) is 0 Å². The molecule has 1 saturated heterocycles. The molecule has 3 aromatic rings. The molecular formula is C19H24N6O2. The third kappa shape index (κ3) is 3.32. The topological polar surface area (TPSA) is 77.7 Å². The van der Waals surface area contributed by atoms with Gasteiger partial charge in [-0.2, -0.15) is 4.52 Å². The van der Waals surface area contributed by atoms with Gasteiger partial charge in [-0.1, -0.05) is 0 Å². The van der Waals surface area contributed by atoms with Crippen molar-refractivity contribution in [3.8, 4) is 5.88 Å². The molecule has 1 aliphatic heterocycles. The molecule has 4 rings (SSSR count). The van der Waals surface area contributed by atoms with Crippen LogP contribution in [0.5, 0.6) is 5.88 Å². The van der Waals surface area contributed by atoms with E-state index in [2.05, 4.69) is 33.1 Å². The Labute approximate surface area is 158 Å². The van der Waals surface area contributed by atoms with Crippen LogP contribution in [0.2, 0.25) is 0 Å². The minimum atomic E-state index is -0.0308. The molecular weight excluding hydrogens is 344 g/mol. The molecule has 1 fully saturated rings. The van der Waals surface area contributed by atoms with Crippen molar-refractivity contribution in [2.45, 2.75) is 39.3 Å². The van der Waals surface area contributed by atoms with Gasteiger partial charge in [0, 0.05) is 31.5 Å². The molecule has 0 amide bonds. The van der Waals surface area contributed by atoms with E-state index in [1.807, 2.05) is 26.1 Å². The van der Waals surface area contributed by atoms with Crippen LogP contribution in [0.25, 0.3) is 5.65 Å². The summed E-state index contributed by atoms with van der Waals surface area (Å²) in [6.45, 7) is 5.44. The second-order valence-electron chi connectivity index (χ2n) is 6.95. The van der Waals surface area contributed by atoms with E-state index in [9.17, 15) is 0 Å². The molecule has 0 N–H and O–H groups in total. The minimum Gasteiger partial charge on any atom is -0.481 e. The minimum absolute atomic E-state index is 0.0308. The number of hydrogen-bond acceptors (Lipinski definition) is 7. The summed E-state index contributed by atoms with van der Waals surface area (Å²) in [5.74, 6) is 2.25. The fraction of sp³-hybridized carbons (Fsp3) is 0.474. The van der Waals surface area contributed by atoms with Gasteiger partial charge in [0.2, 0.25) is 5.88 Å². The number of pyridine rings is 1. The molecule has 1 atom stereocenters. The van der Waals surface area contributed by atoms with Crippen LogP contribution >= 0.6 is 0 Å². The van der Waals surface area contributed by atoms with Crippen molar-refractivity contribution < 1.29 is 9.47 Å². The lowest BCUT2D eigenvalue weighted by Crippen LogP contribution is -2.20. The van der Waals surface area contributed by atoms with E-state index >= 15 is 0 Å². The number of nitrogens with zero attached hydrogens (tertiary/aromatic N) is 6. The zero-order valence-corrected chi connectivity index (χ0v) is 16.1. The van der Waals surface area contributed by atoms with Crippen LogP contribution in [0.4, 0.5) is 5.82 Å². The summed E-state index contributed by atoms with van der Waals surface area (Å²) in [5.41, 5.74) is 3.87. The average Bonchev–Trinajstić information content (AvgIpc) is 3.31. The molecule has 0 aromatic carbocycles. The normalized spacial score (nSPS) is 16.8. The lowest BCUT2D eigenvalue weighted by atomic mass is 10.1. The van der Waals surface area contributed by atoms with Crippen molar-refractivity contribution in [3.63, 3.8) is 0 Å². The molecule has 8 heteroatoms. The number of fused-ring (bicyclic) bond motifs is 1. The van der Waals surface area contributed by atoms with Gasteiger partial charge in [-0.25, -0.2) is 4.98 Å². The van der Waals surface area contributed by atoms with E-state index < -0.39 is 0 Å². The van der Waals surface area contributed by atoms with E-state index in [0.717, 1.165) is 53.6 Å². The van der Waals surface area contributed by atoms with E-state index in [1.54, 1.807) is 11.6 Å². The third-order valence-corrected chi connectivity index (χ3v) is 4.91. The highest BCUT2D eigenvalue weighted by atomic mass is 16.5. The van der Waals surface area contributed by atoms with Crippen LogP contribution < -0.4 is 9.64 Å². The Balaban J connectivity index is 1.65. The predicted octanol–water partition coefficient (Wildman–Crippen LogP) is 2.63. The molecule has 1 aliphatic rings. The Morgan fingerprint density at radius 1 is 1.30 bits per heavy atom. The maximum absolute atomic E-state index is 5.76. The predicted molar refractivity (Wildman–Crippen MR) is 101 cm³/mol. The van der Waals surface area contributed by atoms with Gasteiger partial charge in [-0.05, 0) is 50.5 Å². The van der Waals surface area contributed by atoms with Crippen molar-refractivity contribution >= 4 is 11.5 Å². The van der Waals surface area contributed by atoms with Crippen molar-refractivity contribution in [2.24, 2.45) is 0 Å². The van der Waals surface area contributed by atoms with E-state index in [-0.39, 0.29) is 6.10 Å². The molecule has 0 spiro atoms. The highest BCUT2D eigenvalue weighted by Gasteiger charge is 2.24. The lowest BCUT2D eigenvalue weighted by molar-refractivity contribution is 0.103. The van der Waals surface area contributed by atoms with Gasteiger partial charge in [0.25, 0.3) is 0 Å². The maximum Gasteiger partial charge on any atom is 0.218 e. The number of aromatic nitrogens is 5. The molecule has 27 heavy (non-hydrogen) atoms. The van der Waals surface area contributed by atoms with Crippen LogP contribution in [0.15, 0.2) is 18.2 Å². The van der Waals surface area contributed by atoms with Crippen LogP contribution in [0, 0.1) is 13.8 Å². The molecule has 0 saturated carbocycles. The van der Waals surface area contributed by atoms with Gasteiger partial charge in [0.05, 0.1) is 7.11 Å². The number of ether oxygens (including phenoxy) is 2. The molecule has 8 nitrogen and oxygen atoms in total. The second-order valence-corrected chi connectivity index (χ2v) is 6.95. The average molecular weight is 368 g/mol. The maximum atomic E-state index is 5.76. The third-order valence-electron chi connectivity index (χ3n) is 4.91. The van der Waals surface area contributed by atoms with Gasteiger partial charge in [-0.15, -0.1) is 15.3 Å². The second kappa shape index (κ2) is 7.11. The van der Waals surface area contributed by atoms with Crippen molar-refractivity contribution in [1.82, 2.24) is 24.8 Å². The Hall–Kier alpha value is -2.74. The summed E-state index contributed by atoms with van der Waals surface area (Å²) >= 11 is 0. The fourth-order valence-corrected chi connectivity index (χ4v) is 3.49. The van der Waals surface area contributed by atoms with Gasteiger partial charge in [-0.3, -0.25) is 0 Å². The van der Waals surface area contributed by atoms with E-state index in [4.69, 9.17) is 14.6 Å². The molecule has 0 radical (unpaired) electrons. The van der Waals surface area contributed by atoms with Gasteiger partial charge in [0.1, 0.15) is 11.9 Å². The number of methoxy groups -OCH3 is 1. The first-order chi connectivity index (χ1) is 13.1. The number of hydrogen-bond donors (Lipinski definition) is 0. The van der Waals surface area contributed by atoms with Crippen LogP contribution in [-0.4, -0.2) is 45.6 Å². The Kier molecular flexibility index (Phi) is 4.65. The van der Waals surface area contributed by atoms with Gasteiger partial charge < -0.3 is 14.4 Å². The van der Waals surface area contributed by atoms with Crippen LogP contribution in [0.3, 0.4) is 0 Å². The molecule has 3 aromatic heterocycles. The summed E-state index contributed by atoms with van der Waals surface area (Å²) in [6, 6.07) is 5.95. The molecule has 0 bridgehead atoms. The first kappa shape index (κ1) is 17.7. The lowest BCUT2D eigenvalue weighted by Gasteiger charge is -2.21. The SMILES string of the molecule is COc1nc(C)cc(C)c1CN(C)c1ccc2nnc(C3CCCO3)n2n1. The zero-order valence-electron chi connectivity index (χ0n) is 16.1. The number of rotatable bonds is 5. The molecule has 4 heterocycles. The molecule has 142 valence electrons. The van der Waals surface area contributed by atoms with Crippen LogP contribution in [0.1, 0.15) is 41.6 Å². The highest BCUT2D eigenvalue weighted by molar-refractivity contribution is 5.47. The largest absolute Gasteiger partial charge is 0.481 e. The summed E-state index contributed by atoms with van der Waals surface area (Å²) in [6.07, 6.45) is 1.96. The molecule has 1 unspecified atom stereocenters. The summed E-state index contributed by atoms with van der Waals surface area (Å²) in [5, 5.41) is 13.3. The summed E-state index contributed by atoms with van der Waals surface area (Å²) < 4.78 is 13.0. The van der Waals surface area contributed by atoms with Crippen molar-refractivity contribution in [2.75, 3.05) is 25.7 Å². The summed E-state index contributed by atoms with van der Waals surface area (Å²) in [4.78, 5) is 6.57.